The quantitative estimate of drug-likeness (QED) is 0.575. The van der Waals surface area contributed by atoms with Gasteiger partial charge >= 0.3 is 7.60 Å². The molecule has 1 atom stereocenters. The van der Waals surface area contributed by atoms with Crippen LogP contribution in [0.5, 0.6) is 0 Å². The Hall–Kier alpha value is -1.98. The summed E-state index contributed by atoms with van der Waals surface area (Å²) in [5, 5.41) is 11.2. The van der Waals surface area contributed by atoms with Gasteiger partial charge in [-0.2, -0.15) is 0 Å². The van der Waals surface area contributed by atoms with Gasteiger partial charge in [-0.25, -0.2) is 4.98 Å². The van der Waals surface area contributed by atoms with Crippen molar-refractivity contribution in [3.05, 3.63) is 60.4 Å². The van der Waals surface area contributed by atoms with Gasteiger partial charge in [0.05, 0.1) is 23.6 Å². The number of aliphatic hydroxyl groups excluding tert-OH is 1. The van der Waals surface area contributed by atoms with Crippen LogP contribution in [0.3, 0.4) is 0 Å². The molecule has 0 saturated carbocycles. The fourth-order valence-electron chi connectivity index (χ4n) is 2.95. The van der Waals surface area contributed by atoms with Gasteiger partial charge in [-0.3, -0.25) is 4.57 Å². The molecule has 0 aliphatic carbocycles. The van der Waals surface area contributed by atoms with Gasteiger partial charge in [0.2, 0.25) is 0 Å². The molecular weight excluding hydrogens is 363 g/mol. The summed E-state index contributed by atoms with van der Waals surface area (Å²) in [6.07, 6.45) is 1.04. The summed E-state index contributed by atoms with van der Waals surface area (Å²) in [5.41, 5.74) is 2.40. The maximum atomic E-state index is 13.5. The molecule has 3 aromatic rings. The number of aromatic nitrogens is 2. The molecule has 27 heavy (non-hydrogen) atoms. The van der Waals surface area contributed by atoms with E-state index in [1.54, 1.807) is 38.3 Å². The first-order valence-corrected chi connectivity index (χ1v) is 10.6. The third-order valence-corrected chi connectivity index (χ3v) is 6.15. The Bertz CT molecular complexity index is 939. The van der Waals surface area contributed by atoms with E-state index >= 15 is 0 Å². The number of aliphatic hydroxyl groups is 1. The standard InChI is InChI=1S/C20H25N2O4P/c1-14(2)25-27(24,26-15(3)4)20(23)19-18(16-10-6-5-7-11-16)21-17-12-8-9-13-22(17)19/h5-15,20,23H,1-4H3. The summed E-state index contributed by atoms with van der Waals surface area (Å²) in [7, 11) is -3.87. The monoisotopic (exact) mass is 388 g/mol. The van der Waals surface area contributed by atoms with Crippen molar-refractivity contribution in [1.29, 1.82) is 0 Å². The minimum Gasteiger partial charge on any atom is -0.375 e. The maximum Gasteiger partial charge on any atom is 0.365 e. The molecule has 0 aliphatic heterocycles. The van der Waals surface area contributed by atoms with Crippen molar-refractivity contribution < 1.29 is 18.7 Å². The average Bonchev–Trinajstić information content (AvgIpc) is 2.99. The smallest absolute Gasteiger partial charge is 0.365 e. The van der Waals surface area contributed by atoms with E-state index in [9.17, 15) is 9.67 Å². The number of imidazole rings is 1. The van der Waals surface area contributed by atoms with Crippen molar-refractivity contribution in [2.45, 2.75) is 45.7 Å². The third-order valence-electron chi connectivity index (χ3n) is 3.87. The van der Waals surface area contributed by atoms with Crippen molar-refractivity contribution >= 4 is 13.2 Å². The lowest BCUT2D eigenvalue weighted by molar-refractivity contribution is 0.0998. The second-order valence-corrected chi connectivity index (χ2v) is 8.85. The zero-order valence-corrected chi connectivity index (χ0v) is 16.8. The van der Waals surface area contributed by atoms with Gasteiger partial charge in [-0.05, 0) is 39.8 Å². The Labute approximate surface area is 159 Å². The van der Waals surface area contributed by atoms with Gasteiger partial charge in [0.1, 0.15) is 5.65 Å². The van der Waals surface area contributed by atoms with E-state index in [0.717, 1.165) is 5.56 Å². The summed E-state index contributed by atoms with van der Waals surface area (Å²) in [6.45, 7) is 7.04. The van der Waals surface area contributed by atoms with Crippen LogP contribution in [0.15, 0.2) is 54.7 Å². The number of pyridine rings is 1. The summed E-state index contributed by atoms with van der Waals surface area (Å²) in [6, 6.07) is 15.0. The van der Waals surface area contributed by atoms with Crippen molar-refractivity contribution in [3.63, 3.8) is 0 Å². The third kappa shape index (κ3) is 4.14. The predicted molar refractivity (Wildman–Crippen MR) is 106 cm³/mol. The highest BCUT2D eigenvalue weighted by Gasteiger charge is 2.41. The zero-order chi connectivity index (χ0) is 19.6. The summed E-state index contributed by atoms with van der Waals surface area (Å²) < 4.78 is 26.5. The highest BCUT2D eigenvalue weighted by Crippen LogP contribution is 2.62. The Kier molecular flexibility index (Phi) is 5.82. The Morgan fingerprint density at radius 1 is 0.963 bits per heavy atom. The summed E-state index contributed by atoms with van der Waals surface area (Å²) in [5.74, 6) is -1.48. The number of hydrogen-bond acceptors (Lipinski definition) is 5. The Morgan fingerprint density at radius 3 is 2.15 bits per heavy atom. The van der Waals surface area contributed by atoms with Crippen molar-refractivity contribution in [3.8, 4) is 11.3 Å². The number of fused-ring (bicyclic) bond motifs is 1. The fourth-order valence-corrected chi connectivity index (χ4v) is 4.95. The Morgan fingerprint density at radius 2 is 1.56 bits per heavy atom. The minimum atomic E-state index is -3.87. The molecule has 0 amide bonds. The van der Waals surface area contributed by atoms with Crippen LogP contribution in [0, 0.1) is 0 Å². The van der Waals surface area contributed by atoms with E-state index in [-0.39, 0.29) is 12.2 Å². The molecule has 1 aromatic carbocycles. The van der Waals surface area contributed by atoms with Crippen LogP contribution in [0.4, 0.5) is 0 Å². The fraction of sp³-hybridized carbons (Fsp3) is 0.350. The molecule has 0 spiro atoms. The van der Waals surface area contributed by atoms with Gasteiger partial charge in [0.15, 0.2) is 5.85 Å². The number of hydrogen-bond donors (Lipinski definition) is 1. The average molecular weight is 388 g/mol. The topological polar surface area (TPSA) is 73.1 Å². The molecule has 2 aromatic heterocycles. The molecule has 0 fully saturated rings. The lowest BCUT2D eigenvalue weighted by atomic mass is 10.1. The molecule has 1 N–H and O–H groups in total. The van der Waals surface area contributed by atoms with Crippen LogP contribution in [0.25, 0.3) is 16.9 Å². The van der Waals surface area contributed by atoms with E-state index in [1.165, 1.54) is 0 Å². The molecule has 7 heteroatoms. The summed E-state index contributed by atoms with van der Waals surface area (Å²) >= 11 is 0. The van der Waals surface area contributed by atoms with Crippen LogP contribution in [0.2, 0.25) is 0 Å². The SMILES string of the molecule is CC(C)OP(=O)(OC(C)C)C(O)c1c(-c2ccccc2)nc2ccccn12. The van der Waals surface area contributed by atoms with Crippen LogP contribution in [-0.2, 0) is 13.6 Å². The molecule has 6 nitrogen and oxygen atoms in total. The molecule has 1 unspecified atom stereocenters. The van der Waals surface area contributed by atoms with Crippen molar-refractivity contribution in [1.82, 2.24) is 9.38 Å². The zero-order valence-electron chi connectivity index (χ0n) is 15.9. The van der Waals surface area contributed by atoms with Gasteiger partial charge in [0, 0.05) is 11.8 Å². The minimum absolute atomic E-state index is 0.372. The summed E-state index contributed by atoms with van der Waals surface area (Å²) in [4.78, 5) is 4.65. The molecular formula is C20H25N2O4P. The number of rotatable bonds is 7. The molecule has 144 valence electrons. The first kappa shape index (κ1) is 19.8. The van der Waals surface area contributed by atoms with Crippen molar-refractivity contribution in [2.24, 2.45) is 0 Å². The van der Waals surface area contributed by atoms with Crippen LogP contribution in [0.1, 0.15) is 39.2 Å². The highest BCUT2D eigenvalue weighted by molar-refractivity contribution is 7.54. The second-order valence-electron chi connectivity index (χ2n) is 6.86. The molecule has 0 saturated heterocycles. The first-order valence-electron chi connectivity index (χ1n) is 8.99. The van der Waals surface area contributed by atoms with Gasteiger partial charge in [-0.1, -0.05) is 36.4 Å². The maximum absolute atomic E-state index is 13.5. The molecule has 0 aliphatic rings. The lowest BCUT2D eigenvalue weighted by Gasteiger charge is -2.27. The number of benzene rings is 1. The van der Waals surface area contributed by atoms with E-state index < -0.39 is 13.4 Å². The predicted octanol–water partition coefficient (Wildman–Crippen LogP) is 5.04. The molecule has 0 radical (unpaired) electrons. The first-order chi connectivity index (χ1) is 12.8. The van der Waals surface area contributed by atoms with Crippen LogP contribution < -0.4 is 0 Å². The van der Waals surface area contributed by atoms with Crippen LogP contribution >= 0.6 is 7.60 Å². The van der Waals surface area contributed by atoms with E-state index in [0.29, 0.717) is 17.0 Å². The normalized spacial score (nSPS) is 13.6. The number of nitrogens with zero attached hydrogens (tertiary/aromatic N) is 2. The van der Waals surface area contributed by atoms with Crippen LogP contribution in [-0.4, -0.2) is 26.7 Å². The Balaban J connectivity index is 2.20. The van der Waals surface area contributed by atoms with Gasteiger partial charge in [-0.15, -0.1) is 0 Å². The molecule has 0 bridgehead atoms. The molecule has 3 rings (SSSR count). The van der Waals surface area contributed by atoms with Gasteiger partial charge < -0.3 is 18.6 Å². The van der Waals surface area contributed by atoms with E-state index in [4.69, 9.17) is 9.05 Å². The van der Waals surface area contributed by atoms with E-state index in [1.807, 2.05) is 48.5 Å². The van der Waals surface area contributed by atoms with Gasteiger partial charge in [0.25, 0.3) is 0 Å². The second kappa shape index (κ2) is 7.95. The highest BCUT2D eigenvalue weighted by atomic mass is 31.2. The largest absolute Gasteiger partial charge is 0.375 e. The van der Waals surface area contributed by atoms with Crippen molar-refractivity contribution in [2.75, 3.05) is 0 Å². The molecule has 2 heterocycles. The lowest BCUT2D eigenvalue weighted by Crippen LogP contribution is -2.15. The van der Waals surface area contributed by atoms with E-state index in [2.05, 4.69) is 4.98 Å².